The molecule has 3 aromatic rings. The summed E-state index contributed by atoms with van der Waals surface area (Å²) in [6, 6.07) is 19.4. The fraction of sp³-hybridized carbons (Fsp3) is 0.182. The summed E-state index contributed by atoms with van der Waals surface area (Å²) in [6.07, 6.45) is 0. The molecule has 0 spiro atoms. The highest BCUT2D eigenvalue weighted by atomic mass is 35.5. The van der Waals surface area contributed by atoms with Crippen LogP contribution in [0.1, 0.15) is 16.7 Å². The number of methoxy groups -OCH3 is 1. The van der Waals surface area contributed by atoms with Crippen LogP contribution in [-0.2, 0) is 13.2 Å². The van der Waals surface area contributed by atoms with Gasteiger partial charge >= 0.3 is 0 Å². The zero-order valence-corrected chi connectivity index (χ0v) is 16.8. The number of ether oxygens (including phenoxy) is 2. The Kier molecular flexibility index (Phi) is 6.49. The monoisotopic (exact) mass is 401 g/mol. The summed E-state index contributed by atoms with van der Waals surface area (Å²) < 4.78 is 11.4. The van der Waals surface area contributed by atoms with Crippen molar-refractivity contribution < 1.29 is 9.47 Å². The summed E-state index contributed by atoms with van der Waals surface area (Å²) in [5, 5.41) is 4.88. The molecule has 0 aromatic heterocycles. The minimum Gasteiger partial charge on any atom is -0.493 e. The molecule has 0 unspecified atom stereocenters. The summed E-state index contributed by atoms with van der Waals surface area (Å²) in [7, 11) is 1.64. The summed E-state index contributed by atoms with van der Waals surface area (Å²) in [5.74, 6) is 1.40. The molecule has 0 aliphatic heterocycles. The maximum atomic E-state index is 6.17. The van der Waals surface area contributed by atoms with Gasteiger partial charge in [-0.05, 0) is 60.0 Å². The zero-order valence-electron chi connectivity index (χ0n) is 15.3. The van der Waals surface area contributed by atoms with Crippen LogP contribution in [0.5, 0.6) is 11.5 Å². The number of hydrogen-bond donors (Lipinski definition) is 1. The number of benzene rings is 3. The van der Waals surface area contributed by atoms with Gasteiger partial charge in [-0.3, -0.25) is 0 Å². The number of halogens is 2. The fourth-order valence-corrected chi connectivity index (χ4v) is 2.98. The predicted molar refractivity (Wildman–Crippen MR) is 112 cm³/mol. The first-order chi connectivity index (χ1) is 13.1. The largest absolute Gasteiger partial charge is 0.493 e. The first-order valence-corrected chi connectivity index (χ1v) is 9.35. The third kappa shape index (κ3) is 5.09. The van der Waals surface area contributed by atoms with Crippen molar-refractivity contribution in [2.24, 2.45) is 0 Å². The number of rotatable bonds is 7. The van der Waals surface area contributed by atoms with E-state index in [1.165, 1.54) is 0 Å². The quantitative estimate of drug-likeness (QED) is 0.489. The molecule has 0 atom stereocenters. The Balaban J connectivity index is 1.66. The van der Waals surface area contributed by atoms with Gasteiger partial charge in [0.25, 0.3) is 0 Å². The molecule has 140 valence electrons. The van der Waals surface area contributed by atoms with Gasteiger partial charge in [0.1, 0.15) is 6.61 Å². The van der Waals surface area contributed by atoms with Gasteiger partial charge in [-0.1, -0.05) is 47.5 Å². The van der Waals surface area contributed by atoms with Crippen molar-refractivity contribution in [1.29, 1.82) is 0 Å². The van der Waals surface area contributed by atoms with Crippen molar-refractivity contribution in [3.05, 3.63) is 87.4 Å². The Morgan fingerprint density at radius 2 is 1.63 bits per heavy atom. The van der Waals surface area contributed by atoms with Crippen LogP contribution in [0, 0.1) is 6.92 Å². The Morgan fingerprint density at radius 1 is 0.889 bits per heavy atom. The van der Waals surface area contributed by atoms with Gasteiger partial charge in [0, 0.05) is 22.3 Å². The maximum absolute atomic E-state index is 6.17. The SMILES string of the molecule is COc1cc(CNc2cccc(Cl)c2C)ccc1OCc1ccc(Cl)cc1. The van der Waals surface area contributed by atoms with Crippen molar-refractivity contribution in [2.45, 2.75) is 20.1 Å². The van der Waals surface area contributed by atoms with E-state index in [0.29, 0.717) is 29.7 Å². The molecule has 3 rings (SSSR count). The van der Waals surface area contributed by atoms with Crippen LogP contribution >= 0.6 is 23.2 Å². The molecule has 0 saturated heterocycles. The van der Waals surface area contributed by atoms with Crippen LogP contribution in [0.15, 0.2) is 60.7 Å². The van der Waals surface area contributed by atoms with E-state index in [4.69, 9.17) is 32.7 Å². The van der Waals surface area contributed by atoms with Crippen LogP contribution in [0.4, 0.5) is 5.69 Å². The van der Waals surface area contributed by atoms with Crippen LogP contribution in [-0.4, -0.2) is 7.11 Å². The van der Waals surface area contributed by atoms with Crippen LogP contribution < -0.4 is 14.8 Å². The second-order valence-electron chi connectivity index (χ2n) is 6.17. The summed E-state index contributed by atoms with van der Waals surface area (Å²) in [5.41, 5.74) is 4.19. The highest BCUT2D eigenvalue weighted by Gasteiger charge is 2.08. The molecule has 0 bridgehead atoms. The molecule has 0 amide bonds. The Labute approximate surface area is 169 Å². The molecule has 0 aliphatic rings. The van der Waals surface area contributed by atoms with Crippen molar-refractivity contribution in [1.82, 2.24) is 0 Å². The van der Waals surface area contributed by atoms with Crippen LogP contribution in [0.2, 0.25) is 10.0 Å². The van der Waals surface area contributed by atoms with Gasteiger partial charge in [0.05, 0.1) is 7.11 Å². The fourth-order valence-electron chi connectivity index (χ4n) is 2.68. The lowest BCUT2D eigenvalue weighted by atomic mass is 10.1. The Bertz CT molecular complexity index is 911. The van der Waals surface area contributed by atoms with Gasteiger partial charge in [0.2, 0.25) is 0 Å². The van der Waals surface area contributed by atoms with Crippen LogP contribution in [0.3, 0.4) is 0 Å². The lowest BCUT2D eigenvalue weighted by Gasteiger charge is -2.14. The summed E-state index contributed by atoms with van der Waals surface area (Å²) in [4.78, 5) is 0. The van der Waals surface area contributed by atoms with Gasteiger partial charge in [-0.2, -0.15) is 0 Å². The van der Waals surface area contributed by atoms with E-state index in [1.54, 1.807) is 7.11 Å². The molecule has 0 fully saturated rings. The van der Waals surface area contributed by atoms with Gasteiger partial charge in [-0.15, -0.1) is 0 Å². The lowest BCUT2D eigenvalue weighted by Crippen LogP contribution is -2.03. The van der Waals surface area contributed by atoms with Gasteiger partial charge in [-0.25, -0.2) is 0 Å². The zero-order chi connectivity index (χ0) is 19.2. The normalized spacial score (nSPS) is 10.5. The number of hydrogen-bond acceptors (Lipinski definition) is 3. The van der Waals surface area contributed by atoms with Crippen molar-refractivity contribution >= 4 is 28.9 Å². The highest BCUT2D eigenvalue weighted by Crippen LogP contribution is 2.30. The predicted octanol–water partition coefficient (Wildman–Crippen LogP) is 6.50. The summed E-state index contributed by atoms with van der Waals surface area (Å²) in [6.45, 7) is 3.11. The first kappa shape index (κ1) is 19.4. The molecule has 1 N–H and O–H groups in total. The van der Waals surface area contributed by atoms with Gasteiger partial charge < -0.3 is 14.8 Å². The second-order valence-corrected chi connectivity index (χ2v) is 7.01. The van der Waals surface area contributed by atoms with Crippen molar-refractivity contribution in [3.8, 4) is 11.5 Å². The van der Waals surface area contributed by atoms with Crippen LogP contribution in [0.25, 0.3) is 0 Å². The molecular weight excluding hydrogens is 381 g/mol. The maximum Gasteiger partial charge on any atom is 0.161 e. The molecule has 3 aromatic carbocycles. The van der Waals surface area contributed by atoms with E-state index >= 15 is 0 Å². The van der Waals surface area contributed by atoms with E-state index < -0.39 is 0 Å². The molecular formula is C22H21Cl2NO2. The average molecular weight is 402 g/mol. The van der Waals surface area contributed by atoms with E-state index in [1.807, 2.05) is 67.6 Å². The molecule has 3 nitrogen and oxygen atoms in total. The second kappa shape index (κ2) is 9.03. The number of nitrogens with one attached hydrogen (secondary N) is 1. The lowest BCUT2D eigenvalue weighted by molar-refractivity contribution is 0.284. The van der Waals surface area contributed by atoms with Crippen molar-refractivity contribution in [3.63, 3.8) is 0 Å². The van der Waals surface area contributed by atoms with E-state index in [2.05, 4.69) is 5.32 Å². The Morgan fingerprint density at radius 3 is 2.37 bits per heavy atom. The topological polar surface area (TPSA) is 30.5 Å². The Hall–Kier alpha value is -2.36. The first-order valence-electron chi connectivity index (χ1n) is 8.60. The standard InChI is InChI=1S/C22H21Cl2NO2/c1-15-19(24)4-3-5-20(15)25-13-17-8-11-21(22(12-17)26-2)27-14-16-6-9-18(23)10-7-16/h3-12,25H,13-14H2,1-2H3. The van der Waals surface area contributed by atoms with E-state index in [9.17, 15) is 0 Å². The van der Waals surface area contributed by atoms with E-state index in [-0.39, 0.29) is 0 Å². The molecule has 0 saturated carbocycles. The average Bonchev–Trinajstić information content (AvgIpc) is 2.69. The van der Waals surface area contributed by atoms with Gasteiger partial charge in [0.15, 0.2) is 11.5 Å². The third-order valence-electron chi connectivity index (χ3n) is 4.29. The summed E-state index contributed by atoms with van der Waals surface area (Å²) >= 11 is 12.1. The minimum absolute atomic E-state index is 0.451. The molecule has 0 heterocycles. The molecule has 27 heavy (non-hydrogen) atoms. The smallest absolute Gasteiger partial charge is 0.161 e. The van der Waals surface area contributed by atoms with E-state index in [0.717, 1.165) is 27.4 Å². The molecule has 0 aliphatic carbocycles. The third-order valence-corrected chi connectivity index (χ3v) is 4.95. The van der Waals surface area contributed by atoms with Crippen molar-refractivity contribution in [2.75, 3.05) is 12.4 Å². The number of anilines is 1. The minimum atomic E-state index is 0.451. The highest BCUT2D eigenvalue weighted by molar-refractivity contribution is 6.31. The molecule has 0 radical (unpaired) electrons. The molecule has 5 heteroatoms.